The number of nitrogens with one attached hydrogen (secondary N) is 1. The largest absolute Gasteiger partial charge is 0.494 e. The van der Waals surface area contributed by atoms with Gasteiger partial charge in [-0.05, 0) is 49.2 Å². The molecule has 0 heterocycles. The maximum atomic E-state index is 13.7. The van der Waals surface area contributed by atoms with E-state index in [1.165, 1.54) is 19.2 Å². The molecule has 122 valence electrons. The Balaban J connectivity index is 1.90. The van der Waals surface area contributed by atoms with Crippen LogP contribution in [0.25, 0.3) is 0 Å². The second kappa shape index (κ2) is 7.63. The zero-order valence-corrected chi connectivity index (χ0v) is 13.4. The van der Waals surface area contributed by atoms with Crippen LogP contribution in [-0.4, -0.2) is 19.6 Å². The first-order chi connectivity index (χ1) is 11.0. The Hall–Kier alpha value is -2.56. The molecule has 1 N–H and O–H groups in total. The third-order valence-electron chi connectivity index (χ3n) is 3.41. The highest BCUT2D eigenvalue weighted by molar-refractivity contribution is 5.78. The van der Waals surface area contributed by atoms with Gasteiger partial charge < -0.3 is 14.8 Å². The molecule has 1 amide bonds. The molecule has 0 fully saturated rings. The number of amides is 1. The van der Waals surface area contributed by atoms with Crippen molar-refractivity contribution in [3.8, 4) is 11.5 Å². The first-order valence-corrected chi connectivity index (χ1v) is 7.32. The van der Waals surface area contributed by atoms with Crippen molar-refractivity contribution in [3.63, 3.8) is 0 Å². The number of hydrogen-bond acceptors (Lipinski definition) is 3. The fraction of sp³-hybridized carbons (Fsp3) is 0.278. The molecule has 23 heavy (non-hydrogen) atoms. The standard InChI is InChI=1S/C18H20FNO3/c1-12-5-4-6-15(9-12)23-11-18(21)20-13(2)14-7-8-17(22-3)16(19)10-14/h4-10,13H,11H2,1-3H3,(H,20,21)/t13-/m1/s1. The van der Waals surface area contributed by atoms with E-state index in [9.17, 15) is 9.18 Å². The van der Waals surface area contributed by atoms with Gasteiger partial charge in [-0.15, -0.1) is 0 Å². The van der Waals surface area contributed by atoms with Crippen LogP contribution in [0.4, 0.5) is 4.39 Å². The van der Waals surface area contributed by atoms with Gasteiger partial charge >= 0.3 is 0 Å². The Morgan fingerprint density at radius 2 is 2.04 bits per heavy atom. The van der Waals surface area contributed by atoms with E-state index in [0.717, 1.165) is 5.56 Å². The van der Waals surface area contributed by atoms with Crippen molar-refractivity contribution in [2.24, 2.45) is 0 Å². The smallest absolute Gasteiger partial charge is 0.258 e. The summed E-state index contributed by atoms with van der Waals surface area (Å²) in [6, 6.07) is 11.7. The van der Waals surface area contributed by atoms with Crippen molar-refractivity contribution in [3.05, 3.63) is 59.4 Å². The first-order valence-electron chi connectivity index (χ1n) is 7.32. The third kappa shape index (κ3) is 4.71. The maximum Gasteiger partial charge on any atom is 0.258 e. The van der Waals surface area contributed by atoms with Gasteiger partial charge in [0.05, 0.1) is 13.2 Å². The number of carbonyl (C=O) groups excluding carboxylic acids is 1. The second-order valence-electron chi connectivity index (χ2n) is 5.29. The number of rotatable bonds is 6. The molecule has 0 aliphatic rings. The van der Waals surface area contributed by atoms with Crippen LogP contribution >= 0.6 is 0 Å². The fourth-order valence-electron chi connectivity index (χ4n) is 2.17. The Bertz CT molecular complexity index is 688. The predicted molar refractivity (Wildman–Crippen MR) is 86.2 cm³/mol. The number of benzene rings is 2. The van der Waals surface area contributed by atoms with Crippen LogP contribution in [0.3, 0.4) is 0 Å². The van der Waals surface area contributed by atoms with E-state index in [1.807, 2.05) is 25.1 Å². The SMILES string of the molecule is COc1ccc([C@@H](C)NC(=O)COc2cccc(C)c2)cc1F. The molecule has 0 saturated carbocycles. The summed E-state index contributed by atoms with van der Waals surface area (Å²) in [4.78, 5) is 11.9. The Labute approximate surface area is 135 Å². The summed E-state index contributed by atoms with van der Waals surface area (Å²) in [6.45, 7) is 3.64. The summed E-state index contributed by atoms with van der Waals surface area (Å²) < 4.78 is 24.0. The van der Waals surface area contributed by atoms with E-state index in [4.69, 9.17) is 9.47 Å². The highest BCUT2D eigenvalue weighted by Gasteiger charge is 2.12. The van der Waals surface area contributed by atoms with Gasteiger partial charge in [-0.2, -0.15) is 0 Å². The molecule has 0 spiro atoms. The van der Waals surface area contributed by atoms with E-state index in [2.05, 4.69) is 5.32 Å². The predicted octanol–water partition coefficient (Wildman–Crippen LogP) is 3.40. The molecule has 4 nitrogen and oxygen atoms in total. The molecule has 5 heteroatoms. The molecular weight excluding hydrogens is 297 g/mol. The molecule has 0 aliphatic heterocycles. The fourth-order valence-corrected chi connectivity index (χ4v) is 2.17. The van der Waals surface area contributed by atoms with Gasteiger partial charge in [-0.1, -0.05) is 18.2 Å². The second-order valence-corrected chi connectivity index (χ2v) is 5.29. The molecule has 0 bridgehead atoms. The van der Waals surface area contributed by atoms with Crippen LogP contribution in [0, 0.1) is 12.7 Å². The van der Waals surface area contributed by atoms with Gasteiger partial charge in [-0.3, -0.25) is 4.79 Å². The minimum absolute atomic E-state index is 0.0908. The van der Waals surface area contributed by atoms with Crippen molar-refractivity contribution in [2.45, 2.75) is 19.9 Å². The Kier molecular flexibility index (Phi) is 5.57. The summed E-state index contributed by atoms with van der Waals surface area (Å²) in [5.41, 5.74) is 1.72. The molecular formula is C18H20FNO3. The van der Waals surface area contributed by atoms with Gasteiger partial charge in [0.1, 0.15) is 5.75 Å². The number of aryl methyl sites for hydroxylation is 1. The minimum Gasteiger partial charge on any atom is -0.494 e. The van der Waals surface area contributed by atoms with Crippen LogP contribution in [0.1, 0.15) is 24.1 Å². The Morgan fingerprint density at radius 3 is 2.70 bits per heavy atom. The molecule has 2 aromatic carbocycles. The van der Waals surface area contributed by atoms with E-state index in [0.29, 0.717) is 11.3 Å². The summed E-state index contributed by atoms with van der Waals surface area (Å²) in [5, 5.41) is 2.77. The number of hydrogen-bond donors (Lipinski definition) is 1. The van der Waals surface area contributed by atoms with E-state index < -0.39 is 5.82 Å². The van der Waals surface area contributed by atoms with Gasteiger partial charge in [-0.25, -0.2) is 4.39 Å². The molecule has 0 aliphatic carbocycles. The van der Waals surface area contributed by atoms with E-state index in [1.54, 1.807) is 19.1 Å². The van der Waals surface area contributed by atoms with E-state index in [-0.39, 0.29) is 24.3 Å². The molecule has 0 aromatic heterocycles. The topological polar surface area (TPSA) is 47.6 Å². The first kappa shape index (κ1) is 16.8. The molecule has 0 radical (unpaired) electrons. The van der Waals surface area contributed by atoms with Crippen molar-refractivity contribution in [2.75, 3.05) is 13.7 Å². The lowest BCUT2D eigenvalue weighted by Crippen LogP contribution is -2.31. The van der Waals surface area contributed by atoms with Crippen molar-refractivity contribution < 1.29 is 18.7 Å². The van der Waals surface area contributed by atoms with Gasteiger partial charge in [0, 0.05) is 0 Å². The summed E-state index contributed by atoms with van der Waals surface area (Å²) in [5.74, 6) is 0.0932. The molecule has 0 unspecified atom stereocenters. The van der Waals surface area contributed by atoms with Crippen LogP contribution in [0.2, 0.25) is 0 Å². The number of halogens is 1. The molecule has 2 aromatic rings. The Morgan fingerprint density at radius 1 is 1.26 bits per heavy atom. The van der Waals surface area contributed by atoms with Crippen molar-refractivity contribution >= 4 is 5.91 Å². The molecule has 2 rings (SSSR count). The normalized spacial score (nSPS) is 11.7. The van der Waals surface area contributed by atoms with Crippen LogP contribution < -0.4 is 14.8 Å². The highest BCUT2D eigenvalue weighted by Crippen LogP contribution is 2.21. The van der Waals surface area contributed by atoms with Crippen LogP contribution in [-0.2, 0) is 4.79 Å². The lowest BCUT2D eigenvalue weighted by atomic mass is 10.1. The highest BCUT2D eigenvalue weighted by atomic mass is 19.1. The zero-order chi connectivity index (χ0) is 16.8. The lowest BCUT2D eigenvalue weighted by molar-refractivity contribution is -0.123. The third-order valence-corrected chi connectivity index (χ3v) is 3.41. The zero-order valence-electron chi connectivity index (χ0n) is 13.4. The van der Waals surface area contributed by atoms with Crippen LogP contribution in [0.5, 0.6) is 11.5 Å². The van der Waals surface area contributed by atoms with Crippen molar-refractivity contribution in [1.82, 2.24) is 5.32 Å². The number of carbonyl (C=O) groups is 1. The average Bonchev–Trinajstić information content (AvgIpc) is 2.53. The van der Waals surface area contributed by atoms with Gasteiger partial charge in [0.15, 0.2) is 18.2 Å². The molecule has 0 saturated heterocycles. The van der Waals surface area contributed by atoms with E-state index >= 15 is 0 Å². The number of methoxy groups -OCH3 is 1. The quantitative estimate of drug-likeness (QED) is 0.888. The van der Waals surface area contributed by atoms with Gasteiger partial charge in [0.25, 0.3) is 5.91 Å². The minimum atomic E-state index is -0.456. The summed E-state index contributed by atoms with van der Waals surface area (Å²) in [6.07, 6.45) is 0. The monoisotopic (exact) mass is 317 g/mol. The van der Waals surface area contributed by atoms with Crippen molar-refractivity contribution in [1.29, 1.82) is 0 Å². The maximum absolute atomic E-state index is 13.7. The molecule has 1 atom stereocenters. The lowest BCUT2D eigenvalue weighted by Gasteiger charge is -2.15. The van der Waals surface area contributed by atoms with Gasteiger partial charge in [0.2, 0.25) is 0 Å². The number of ether oxygens (including phenoxy) is 2. The average molecular weight is 317 g/mol. The summed E-state index contributed by atoms with van der Waals surface area (Å²) in [7, 11) is 1.41. The van der Waals surface area contributed by atoms with Crippen LogP contribution in [0.15, 0.2) is 42.5 Å². The summed E-state index contributed by atoms with van der Waals surface area (Å²) >= 11 is 0.